The van der Waals surface area contributed by atoms with E-state index in [1.54, 1.807) is 17.8 Å². The summed E-state index contributed by atoms with van der Waals surface area (Å²) in [6, 6.07) is 7.61. The molecule has 0 spiro atoms. The Morgan fingerprint density at radius 3 is 2.95 bits per heavy atom. The van der Waals surface area contributed by atoms with Crippen LogP contribution in [0.15, 0.2) is 35.5 Å². The minimum absolute atomic E-state index is 0.0948. The average molecular weight is 273 g/mol. The van der Waals surface area contributed by atoms with E-state index in [-0.39, 0.29) is 5.56 Å². The molecule has 1 N–H and O–H groups in total. The topological polar surface area (TPSA) is 78.9 Å². The summed E-state index contributed by atoms with van der Waals surface area (Å²) in [5.41, 5.74) is 1.19. The second-order valence-electron chi connectivity index (χ2n) is 3.67. The quantitative estimate of drug-likeness (QED) is 0.866. The first-order chi connectivity index (χ1) is 9.17. The molecule has 0 saturated heterocycles. The van der Waals surface area contributed by atoms with E-state index >= 15 is 0 Å². The van der Waals surface area contributed by atoms with Crippen molar-refractivity contribution >= 4 is 17.7 Å². The molecular formula is C13H11N3O2S. The van der Waals surface area contributed by atoms with Gasteiger partial charge in [-0.3, -0.25) is 0 Å². The normalized spacial score (nSPS) is 10.1. The Morgan fingerprint density at radius 2 is 2.37 bits per heavy atom. The number of nitrogens with zero attached hydrogens (tertiary/aromatic N) is 3. The van der Waals surface area contributed by atoms with E-state index in [0.29, 0.717) is 11.3 Å². The Balaban J connectivity index is 2.52. The van der Waals surface area contributed by atoms with Gasteiger partial charge in [0.05, 0.1) is 23.0 Å². The highest BCUT2D eigenvalue weighted by atomic mass is 32.2. The molecule has 0 unspecified atom stereocenters. The SMILES string of the molecule is CCSc1cccc(-n2cc(C(=O)O)cn2)c1C#N. The largest absolute Gasteiger partial charge is 0.478 e. The zero-order valence-electron chi connectivity index (χ0n) is 10.2. The Kier molecular flexibility index (Phi) is 3.88. The van der Waals surface area contributed by atoms with Gasteiger partial charge >= 0.3 is 5.97 Å². The molecule has 1 aromatic carbocycles. The minimum atomic E-state index is -1.04. The van der Waals surface area contributed by atoms with Gasteiger partial charge in [0.25, 0.3) is 0 Å². The molecule has 0 bridgehead atoms. The zero-order chi connectivity index (χ0) is 13.8. The molecule has 0 atom stereocenters. The molecule has 19 heavy (non-hydrogen) atoms. The van der Waals surface area contributed by atoms with Gasteiger partial charge in [-0.25, -0.2) is 9.48 Å². The molecule has 2 rings (SSSR count). The summed E-state index contributed by atoms with van der Waals surface area (Å²) in [6.45, 7) is 2.01. The Bertz CT molecular complexity index is 658. The second kappa shape index (κ2) is 5.59. The average Bonchev–Trinajstić information content (AvgIpc) is 2.88. The van der Waals surface area contributed by atoms with Gasteiger partial charge in [0.15, 0.2) is 0 Å². The molecule has 2 aromatic rings. The Labute approximate surface area is 114 Å². The fourth-order valence-corrected chi connectivity index (χ4v) is 2.44. The van der Waals surface area contributed by atoms with Gasteiger partial charge in [-0.15, -0.1) is 11.8 Å². The molecule has 0 aliphatic heterocycles. The second-order valence-corrected chi connectivity index (χ2v) is 4.98. The first-order valence-corrected chi connectivity index (χ1v) is 6.60. The van der Waals surface area contributed by atoms with Gasteiger partial charge < -0.3 is 5.11 Å². The molecule has 0 aliphatic rings. The molecule has 1 heterocycles. The van der Waals surface area contributed by atoms with Gasteiger partial charge in [0.1, 0.15) is 6.07 Å². The molecule has 0 amide bonds. The third-order valence-electron chi connectivity index (χ3n) is 2.49. The molecule has 5 nitrogen and oxygen atoms in total. The smallest absolute Gasteiger partial charge is 0.338 e. The van der Waals surface area contributed by atoms with Crippen LogP contribution < -0.4 is 0 Å². The first kappa shape index (κ1) is 13.2. The van der Waals surface area contributed by atoms with Crippen LogP contribution >= 0.6 is 11.8 Å². The van der Waals surface area contributed by atoms with Crippen molar-refractivity contribution in [2.45, 2.75) is 11.8 Å². The van der Waals surface area contributed by atoms with Crippen molar-refractivity contribution in [3.8, 4) is 11.8 Å². The van der Waals surface area contributed by atoms with Crippen molar-refractivity contribution in [3.63, 3.8) is 0 Å². The van der Waals surface area contributed by atoms with Gasteiger partial charge in [0.2, 0.25) is 0 Å². The first-order valence-electron chi connectivity index (χ1n) is 5.61. The van der Waals surface area contributed by atoms with Crippen LogP contribution in [0.4, 0.5) is 0 Å². The third-order valence-corrected chi connectivity index (χ3v) is 3.43. The lowest BCUT2D eigenvalue weighted by molar-refractivity contribution is 0.0697. The number of carboxylic acids is 1. The van der Waals surface area contributed by atoms with Crippen LogP contribution in [0.1, 0.15) is 22.8 Å². The monoisotopic (exact) mass is 273 g/mol. The molecule has 0 fully saturated rings. The summed E-state index contributed by atoms with van der Waals surface area (Å²) in [5, 5.41) is 22.2. The van der Waals surface area contributed by atoms with E-state index in [1.165, 1.54) is 17.1 Å². The molecule has 1 aromatic heterocycles. The third kappa shape index (κ3) is 2.61. The van der Waals surface area contributed by atoms with Crippen molar-refractivity contribution in [1.29, 1.82) is 5.26 Å². The highest BCUT2D eigenvalue weighted by Crippen LogP contribution is 2.26. The van der Waals surface area contributed by atoms with Gasteiger partial charge in [-0.05, 0) is 17.9 Å². The predicted octanol–water partition coefficient (Wildman–Crippen LogP) is 2.55. The summed E-state index contributed by atoms with van der Waals surface area (Å²) >= 11 is 1.57. The van der Waals surface area contributed by atoms with E-state index in [0.717, 1.165) is 10.6 Å². The predicted molar refractivity (Wildman–Crippen MR) is 71.6 cm³/mol. The number of aromatic carboxylic acids is 1. The fraction of sp³-hybridized carbons (Fsp3) is 0.154. The lowest BCUT2D eigenvalue weighted by atomic mass is 10.2. The summed E-state index contributed by atoms with van der Waals surface area (Å²) in [6.07, 6.45) is 2.67. The molecule has 0 radical (unpaired) electrons. The number of hydrogen-bond donors (Lipinski definition) is 1. The number of thioether (sulfide) groups is 1. The van der Waals surface area contributed by atoms with E-state index < -0.39 is 5.97 Å². The maximum atomic E-state index is 10.8. The van der Waals surface area contributed by atoms with Crippen LogP contribution in [-0.4, -0.2) is 26.6 Å². The number of hydrogen-bond acceptors (Lipinski definition) is 4. The molecule has 0 saturated carbocycles. The van der Waals surface area contributed by atoms with Crippen molar-refractivity contribution in [2.75, 3.05) is 5.75 Å². The number of aromatic nitrogens is 2. The maximum absolute atomic E-state index is 10.8. The van der Waals surface area contributed by atoms with Gasteiger partial charge in [0, 0.05) is 11.1 Å². The summed E-state index contributed by atoms with van der Waals surface area (Å²) in [4.78, 5) is 11.7. The molecular weight excluding hydrogens is 262 g/mol. The lowest BCUT2D eigenvalue weighted by Crippen LogP contribution is -2.00. The fourth-order valence-electron chi connectivity index (χ4n) is 1.66. The molecule has 0 aliphatic carbocycles. The van der Waals surface area contributed by atoms with Crippen molar-refractivity contribution in [1.82, 2.24) is 9.78 Å². The van der Waals surface area contributed by atoms with Crippen LogP contribution in [0.5, 0.6) is 0 Å². The number of benzene rings is 1. The van der Waals surface area contributed by atoms with E-state index in [9.17, 15) is 10.1 Å². The van der Waals surface area contributed by atoms with E-state index in [2.05, 4.69) is 11.2 Å². The van der Waals surface area contributed by atoms with Crippen molar-refractivity contribution in [3.05, 3.63) is 41.7 Å². The van der Waals surface area contributed by atoms with Gasteiger partial charge in [-0.2, -0.15) is 10.4 Å². The van der Waals surface area contributed by atoms with Crippen molar-refractivity contribution < 1.29 is 9.90 Å². The lowest BCUT2D eigenvalue weighted by Gasteiger charge is -2.08. The van der Waals surface area contributed by atoms with E-state index in [1.807, 2.05) is 19.1 Å². The van der Waals surface area contributed by atoms with E-state index in [4.69, 9.17) is 5.11 Å². The maximum Gasteiger partial charge on any atom is 0.338 e. The Morgan fingerprint density at radius 1 is 1.58 bits per heavy atom. The minimum Gasteiger partial charge on any atom is -0.478 e. The zero-order valence-corrected chi connectivity index (χ0v) is 11.0. The van der Waals surface area contributed by atoms with Crippen LogP contribution in [0.3, 0.4) is 0 Å². The Hall–Kier alpha value is -2.26. The highest BCUT2D eigenvalue weighted by Gasteiger charge is 2.12. The van der Waals surface area contributed by atoms with Crippen LogP contribution in [-0.2, 0) is 0 Å². The number of carboxylic acid groups (broad SMARTS) is 1. The standard InChI is InChI=1S/C13H11N3O2S/c1-2-19-12-5-3-4-11(10(12)6-14)16-8-9(7-15-16)13(17)18/h3-5,7-8H,2H2,1H3,(H,17,18). The molecule has 96 valence electrons. The molecule has 6 heteroatoms. The highest BCUT2D eigenvalue weighted by molar-refractivity contribution is 7.99. The van der Waals surface area contributed by atoms with Gasteiger partial charge in [-0.1, -0.05) is 13.0 Å². The summed E-state index contributed by atoms with van der Waals surface area (Å²) in [7, 11) is 0. The number of rotatable bonds is 4. The number of nitriles is 1. The summed E-state index contributed by atoms with van der Waals surface area (Å²) in [5.74, 6) is -0.179. The van der Waals surface area contributed by atoms with Crippen LogP contribution in [0.25, 0.3) is 5.69 Å². The van der Waals surface area contributed by atoms with Crippen molar-refractivity contribution in [2.24, 2.45) is 0 Å². The van der Waals surface area contributed by atoms with Crippen LogP contribution in [0, 0.1) is 11.3 Å². The summed E-state index contributed by atoms with van der Waals surface area (Å²) < 4.78 is 1.42. The number of carbonyl (C=O) groups is 1. The van der Waals surface area contributed by atoms with Crippen LogP contribution in [0.2, 0.25) is 0 Å².